The van der Waals surface area contributed by atoms with E-state index in [2.05, 4.69) is 0 Å². The largest absolute Gasteiger partial charge is 0.451 e. The molecule has 0 aromatic heterocycles. The molecule has 0 bridgehead atoms. The predicted molar refractivity (Wildman–Crippen MR) is 114 cm³/mol. The summed E-state index contributed by atoms with van der Waals surface area (Å²) in [6, 6.07) is 17.9. The Labute approximate surface area is 182 Å². The summed E-state index contributed by atoms with van der Waals surface area (Å²) in [4.78, 5) is 48.6. The Bertz CT molecular complexity index is 1180. The quantitative estimate of drug-likeness (QED) is 0.225. The fraction of sp³-hybridized carbons (Fsp3) is 0.0870. The second-order valence-electron chi connectivity index (χ2n) is 6.58. The lowest BCUT2D eigenvalue weighted by atomic mass is 9.98. The Hall–Kier alpha value is -3.84. The zero-order valence-electron chi connectivity index (χ0n) is 16.3. The van der Waals surface area contributed by atoms with Gasteiger partial charge in [-0.15, -0.1) is 0 Å². The van der Waals surface area contributed by atoms with Crippen LogP contribution < -0.4 is 0 Å². The number of carbonyl (C=O) groups excluding carboxylic acids is 3. The van der Waals surface area contributed by atoms with Crippen LogP contribution in [0.2, 0.25) is 5.02 Å². The molecule has 0 aliphatic heterocycles. The number of nitrogens with zero attached hydrogens (tertiary/aromatic N) is 1. The Kier molecular flexibility index (Phi) is 6.57. The molecule has 0 saturated heterocycles. The second kappa shape index (κ2) is 9.32. The number of esters is 1. The zero-order valence-corrected chi connectivity index (χ0v) is 17.0. The van der Waals surface area contributed by atoms with Crippen LogP contribution >= 0.6 is 11.6 Å². The van der Waals surface area contributed by atoms with Crippen molar-refractivity contribution in [1.29, 1.82) is 0 Å². The number of hydrogen-bond acceptors (Lipinski definition) is 6. The van der Waals surface area contributed by atoms with E-state index in [1.54, 1.807) is 42.5 Å². The SMILES string of the molecule is CC(OC(=O)c1ccccc1C(=O)c1ccc(Cl)c([N+](=O)[O-])c1)C(=O)c1ccccc1. The van der Waals surface area contributed by atoms with Gasteiger partial charge < -0.3 is 4.74 Å². The summed E-state index contributed by atoms with van der Waals surface area (Å²) in [6.07, 6.45) is -1.07. The zero-order chi connectivity index (χ0) is 22.5. The monoisotopic (exact) mass is 437 g/mol. The Balaban J connectivity index is 1.87. The number of nitro benzene ring substituents is 1. The molecule has 0 aliphatic carbocycles. The summed E-state index contributed by atoms with van der Waals surface area (Å²) < 4.78 is 5.29. The third-order valence-corrected chi connectivity index (χ3v) is 4.83. The highest BCUT2D eigenvalue weighted by Crippen LogP contribution is 2.27. The molecule has 3 aromatic rings. The van der Waals surface area contributed by atoms with Crippen LogP contribution in [0.1, 0.15) is 43.6 Å². The summed E-state index contributed by atoms with van der Waals surface area (Å²) in [7, 11) is 0. The molecule has 31 heavy (non-hydrogen) atoms. The number of nitro groups is 1. The van der Waals surface area contributed by atoms with Crippen molar-refractivity contribution in [2.75, 3.05) is 0 Å². The van der Waals surface area contributed by atoms with E-state index in [1.807, 2.05) is 0 Å². The summed E-state index contributed by atoms with van der Waals surface area (Å²) in [5.74, 6) is -1.86. The number of rotatable bonds is 7. The van der Waals surface area contributed by atoms with Crippen molar-refractivity contribution < 1.29 is 24.0 Å². The molecule has 3 aromatic carbocycles. The fourth-order valence-corrected chi connectivity index (χ4v) is 3.11. The first-order chi connectivity index (χ1) is 14.8. The van der Waals surface area contributed by atoms with Crippen LogP contribution in [0.4, 0.5) is 5.69 Å². The van der Waals surface area contributed by atoms with E-state index in [0.717, 1.165) is 6.07 Å². The minimum Gasteiger partial charge on any atom is -0.451 e. The number of hydrogen-bond donors (Lipinski definition) is 0. The van der Waals surface area contributed by atoms with Gasteiger partial charge in [0.15, 0.2) is 11.9 Å². The molecule has 0 fully saturated rings. The first-order valence-electron chi connectivity index (χ1n) is 9.17. The van der Waals surface area contributed by atoms with Crippen molar-refractivity contribution >= 4 is 34.8 Å². The van der Waals surface area contributed by atoms with Gasteiger partial charge >= 0.3 is 5.97 Å². The van der Waals surface area contributed by atoms with Crippen LogP contribution in [0.5, 0.6) is 0 Å². The summed E-state index contributed by atoms with van der Waals surface area (Å²) >= 11 is 5.80. The number of carbonyl (C=O) groups is 3. The molecule has 0 saturated carbocycles. The number of ketones is 2. The van der Waals surface area contributed by atoms with Crippen LogP contribution in [0.15, 0.2) is 72.8 Å². The molecule has 0 aliphatic rings. The molecule has 1 atom stereocenters. The summed E-state index contributed by atoms with van der Waals surface area (Å²) in [6.45, 7) is 1.44. The molecule has 1 unspecified atom stereocenters. The molecule has 0 heterocycles. The van der Waals surface area contributed by atoms with Gasteiger partial charge in [-0.1, -0.05) is 60.1 Å². The van der Waals surface area contributed by atoms with Gasteiger partial charge in [0.2, 0.25) is 5.78 Å². The van der Waals surface area contributed by atoms with Crippen LogP contribution in [0, 0.1) is 10.1 Å². The number of benzene rings is 3. The fourth-order valence-electron chi connectivity index (χ4n) is 2.92. The van der Waals surface area contributed by atoms with E-state index in [9.17, 15) is 24.5 Å². The topological polar surface area (TPSA) is 104 Å². The van der Waals surface area contributed by atoms with E-state index < -0.39 is 28.5 Å². The van der Waals surface area contributed by atoms with Crippen molar-refractivity contribution in [3.63, 3.8) is 0 Å². The molecule has 156 valence electrons. The van der Waals surface area contributed by atoms with Gasteiger partial charge in [0, 0.05) is 22.8 Å². The maximum absolute atomic E-state index is 13.0. The average molecular weight is 438 g/mol. The molecule has 0 radical (unpaired) electrons. The van der Waals surface area contributed by atoms with Gasteiger partial charge in [-0.3, -0.25) is 19.7 Å². The molecule has 0 spiro atoms. The van der Waals surface area contributed by atoms with Crippen LogP contribution in [-0.4, -0.2) is 28.6 Å². The molecule has 7 nitrogen and oxygen atoms in total. The normalized spacial score (nSPS) is 11.4. The van der Waals surface area contributed by atoms with Gasteiger partial charge in [-0.05, 0) is 25.1 Å². The van der Waals surface area contributed by atoms with E-state index in [0.29, 0.717) is 5.56 Å². The smallest absolute Gasteiger partial charge is 0.339 e. The molecular weight excluding hydrogens is 422 g/mol. The third-order valence-electron chi connectivity index (χ3n) is 4.51. The van der Waals surface area contributed by atoms with Crippen molar-refractivity contribution in [1.82, 2.24) is 0 Å². The van der Waals surface area contributed by atoms with Gasteiger partial charge in [0.25, 0.3) is 5.69 Å². The van der Waals surface area contributed by atoms with Gasteiger partial charge in [-0.2, -0.15) is 0 Å². The molecule has 0 N–H and O–H groups in total. The van der Waals surface area contributed by atoms with Gasteiger partial charge in [0.05, 0.1) is 10.5 Å². The highest BCUT2D eigenvalue weighted by molar-refractivity contribution is 6.33. The van der Waals surface area contributed by atoms with E-state index >= 15 is 0 Å². The summed E-state index contributed by atoms with van der Waals surface area (Å²) in [5, 5.41) is 11.0. The molecule has 8 heteroatoms. The van der Waals surface area contributed by atoms with Gasteiger partial charge in [0.1, 0.15) is 5.02 Å². The lowest BCUT2D eigenvalue weighted by Crippen LogP contribution is -2.25. The van der Waals surface area contributed by atoms with Crippen molar-refractivity contribution in [2.24, 2.45) is 0 Å². The van der Waals surface area contributed by atoms with Crippen LogP contribution in [0.25, 0.3) is 0 Å². The third kappa shape index (κ3) is 4.84. The number of ether oxygens (including phenoxy) is 1. The minimum absolute atomic E-state index is 0.00948. The highest BCUT2D eigenvalue weighted by Gasteiger charge is 2.25. The first kappa shape index (κ1) is 21.9. The molecular formula is C23H16ClNO6. The standard InChI is InChI=1S/C23H16ClNO6/c1-14(21(26)15-7-3-2-4-8-15)31-23(28)18-10-6-5-9-17(18)22(27)16-11-12-19(24)20(13-16)25(29)30/h2-14H,1H3. The van der Waals surface area contributed by atoms with E-state index in [-0.39, 0.29) is 27.5 Å². The van der Waals surface area contributed by atoms with E-state index in [1.165, 1.54) is 31.2 Å². The van der Waals surface area contributed by atoms with Crippen LogP contribution in [-0.2, 0) is 4.74 Å². The van der Waals surface area contributed by atoms with Crippen molar-refractivity contribution in [3.8, 4) is 0 Å². The lowest BCUT2D eigenvalue weighted by molar-refractivity contribution is -0.384. The number of Topliss-reactive ketones (excluding diaryl/α,β-unsaturated/α-hetero) is 1. The summed E-state index contributed by atoms with van der Waals surface area (Å²) in [5.41, 5.74) is -0.110. The lowest BCUT2D eigenvalue weighted by Gasteiger charge is -2.14. The van der Waals surface area contributed by atoms with E-state index in [4.69, 9.17) is 16.3 Å². The predicted octanol–water partition coefficient (Wildman–Crippen LogP) is 4.91. The molecule has 0 amide bonds. The average Bonchev–Trinajstić information content (AvgIpc) is 2.78. The minimum atomic E-state index is -1.07. The maximum atomic E-state index is 13.0. The van der Waals surface area contributed by atoms with Crippen molar-refractivity contribution in [3.05, 3.63) is 110 Å². The van der Waals surface area contributed by atoms with Crippen molar-refractivity contribution in [2.45, 2.75) is 13.0 Å². The Morgan fingerprint density at radius 2 is 1.52 bits per heavy atom. The highest BCUT2D eigenvalue weighted by atomic mass is 35.5. The van der Waals surface area contributed by atoms with Gasteiger partial charge in [-0.25, -0.2) is 4.79 Å². The Morgan fingerprint density at radius 3 is 2.16 bits per heavy atom. The van der Waals surface area contributed by atoms with Crippen LogP contribution in [0.3, 0.4) is 0 Å². The Morgan fingerprint density at radius 1 is 0.903 bits per heavy atom. The maximum Gasteiger partial charge on any atom is 0.339 e. The molecule has 3 rings (SSSR count). The number of halogens is 1. The second-order valence-corrected chi connectivity index (χ2v) is 6.98. The first-order valence-corrected chi connectivity index (χ1v) is 9.55.